The van der Waals surface area contributed by atoms with Crippen LogP contribution in [0.25, 0.3) is 21.5 Å². The second kappa shape index (κ2) is 6.97. The number of carbonyl (C=O) groups is 1. The largest absolute Gasteiger partial charge is 0.443 e. The van der Waals surface area contributed by atoms with Crippen LogP contribution in [0.5, 0.6) is 0 Å². The molecule has 0 atom stereocenters. The molecule has 0 aliphatic carbocycles. The molecular formula is C17H10F2N4O2S2. The molecule has 0 saturated heterocycles. The van der Waals surface area contributed by atoms with Crippen molar-refractivity contribution in [3.05, 3.63) is 58.9 Å². The van der Waals surface area contributed by atoms with E-state index in [0.29, 0.717) is 21.5 Å². The fourth-order valence-corrected chi connectivity index (χ4v) is 4.15. The van der Waals surface area contributed by atoms with Crippen LogP contribution in [0, 0.1) is 18.6 Å². The summed E-state index contributed by atoms with van der Waals surface area (Å²) in [7, 11) is 0. The summed E-state index contributed by atoms with van der Waals surface area (Å²) in [5, 5.41) is 3.25. The molecule has 0 unspecified atom stereocenters. The van der Waals surface area contributed by atoms with Crippen LogP contribution in [0.2, 0.25) is 0 Å². The quantitative estimate of drug-likeness (QED) is 0.530. The third-order valence-electron chi connectivity index (χ3n) is 3.56. The van der Waals surface area contributed by atoms with Crippen LogP contribution in [0.15, 0.2) is 41.3 Å². The molecule has 0 bridgehead atoms. The Hall–Kier alpha value is -2.98. The van der Waals surface area contributed by atoms with E-state index >= 15 is 0 Å². The molecule has 1 amide bonds. The molecule has 3 heterocycles. The third kappa shape index (κ3) is 3.36. The topological polar surface area (TPSA) is 80.9 Å². The van der Waals surface area contributed by atoms with Crippen LogP contribution >= 0.6 is 22.7 Å². The van der Waals surface area contributed by atoms with E-state index in [-0.39, 0.29) is 5.13 Å². The van der Waals surface area contributed by atoms with Crippen LogP contribution in [0.4, 0.5) is 13.9 Å². The minimum atomic E-state index is -0.935. The number of amides is 1. The standard InChI is InChI=1S/C17H10F2N4O2S2/c1-8-13(22-16(26-8)15-20-5-6-25-15)11-7-21-17(27-11)23-14(24)12-9(18)3-2-4-10(12)19/h2-7H,1H3,(H,21,23,24). The molecule has 1 N–H and O–H groups in total. The van der Waals surface area contributed by atoms with Gasteiger partial charge < -0.3 is 4.42 Å². The molecule has 136 valence electrons. The predicted octanol–water partition coefficient (Wildman–Crippen LogP) is 4.76. The second-order valence-corrected chi connectivity index (χ2v) is 7.58. The van der Waals surface area contributed by atoms with Crippen molar-refractivity contribution < 1.29 is 18.0 Å². The highest BCUT2D eigenvalue weighted by atomic mass is 32.1. The van der Waals surface area contributed by atoms with Gasteiger partial charge in [-0.15, -0.1) is 11.3 Å². The maximum absolute atomic E-state index is 13.7. The SMILES string of the molecule is Cc1sc(-c2ncco2)nc1-c1cnc(NC(=O)c2c(F)cccc2F)s1. The molecule has 1 aromatic carbocycles. The molecule has 0 aliphatic rings. The van der Waals surface area contributed by atoms with Crippen LogP contribution in [0.1, 0.15) is 15.2 Å². The number of halogens is 2. The minimum absolute atomic E-state index is 0.211. The Labute approximate surface area is 159 Å². The number of aromatic nitrogens is 3. The number of carbonyl (C=O) groups excluding carboxylic acids is 1. The van der Waals surface area contributed by atoms with Gasteiger partial charge in [-0.05, 0) is 19.1 Å². The number of oxazole rings is 1. The Morgan fingerprint density at radius 3 is 2.67 bits per heavy atom. The number of nitrogens with zero attached hydrogens (tertiary/aromatic N) is 3. The van der Waals surface area contributed by atoms with Gasteiger partial charge in [-0.1, -0.05) is 17.4 Å². The first-order valence-corrected chi connectivity index (χ1v) is 9.25. The molecular weight excluding hydrogens is 394 g/mol. The first-order chi connectivity index (χ1) is 13.0. The predicted molar refractivity (Wildman–Crippen MR) is 97.8 cm³/mol. The number of anilines is 1. The Kier molecular flexibility index (Phi) is 4.50. The smallest absolute Gasteiger partial charge is 0.263 e. The van der Waals surface area contributed by atoms with Crippen molar-refractivity contribution >= 4 is 33.7 Å². The maximum Gasteiger partial charge on any atom is 0.263 e. The molecule has 0 aliphatic heterocycles. The summed E-state index contributed by atoms with van der Waals surface area (Å²) in [5.41, 5.74) is 0.0357. The number of thiazole rings is 2. The van der Waals surface area contributed by atoms with E-state index in [1.165, 1.54) is 29.9 Å². The van der Waals surface area contributed by atoms with Crippen molar-refractivity contribution in [1.29, 1.82) is 0 Å². The Morgan fingerprint density at radius 1 is 1.19 bits per heavy atom. The van der Waals surface area contributed by atoms with Gasteiger partial charge >= 0.3 is 0 Å². The van der Waals surface area contributed by atoms with E-state index < -0.39 is 23.1 Å². The average molecular weight is 404 g/mol. The molecule has 0 spiro atoms. The number of rotatable bonds is 4. The van der Waals surface area contributed by atoms with Crippen molar-refractivity contribution in [1.82, 2.24) is 15.0 Å². The van der Waals surface area contributed by atoms with Gasteiger partial charge in [-0.25, -0.2) is 23.7 Å². The lowest BCUT2D eigenvalue weighted by Crippen LogP contribution is -2.15. The highest BCUT2D eigenvalue weighted by molar-refractivity contribution is 7.20. The zero-order chi connectivity index (χ0) is 19.0. The average Bonchev–Trinajstić information content (AvgIpc) is 3.35. The van der Waals surface area contributed by atoms with Gasteiger partial charge in [0.25, 0.3) is 11.8 Å². The van der Waals surface area contributed by atoms with Crippen molar-refractivity contribution in [2.45, 2.75) is 6.92 Å². The summed E-state index contributed by atoms with van der Waals surface area (Å²) in [6.07, 6.45) is 4.54. The minimum Gasteiger partial charge on any atom is -0.443 e. The lowest BCUT2D eigenvalue weighted by molar-refractivity contribution is 0.101. The van der Waals surface area contributed by atoms with E-state index in [2.05, 4.69) is 20.3 Å². The molecule has 4 rings (SSSR count). The summed E-state index contributed by atoms with van der Waals surface area (Å²) in [4.78, 5) is 26.5. The lowest BCUT2D eigenvalue weighted by atomic mass is 10.2. The van der Waals surface area contributed by atoms with Gasteiger partial charge in [0.1, 0.15) is 23.5 Å². The molecule has 3 aromatic heterocycles. The Balaban J connectivity index is 1.58. The fraction of sp³-hybridized carbons (Fsp3) is 0.0588. The number of nitrogens with one attached hydrogen (secondary N) is 1. The lowest BCUT2D eigenvalue weighted by Gasteiger charge is -2.04. The van der Waals surface area contributed by atoms with Crippen molar-refractivity contribution in [2.24, 2.45) is 0 Å². The second-order valence-electron chi connectivity index (χ2n) is 5.34. The number of hydrogen-bond donors (Lipinski definition) is 1. The highest BCUT2D eigenvalue weighted by Gasteiger charge is 2.20. The molecule has 10 heteroatoms. The monoisotopic (exact) mass is 404 g/mol. The van der Waals surface area contributed by atoms with Gasteiger partial charge in [0, 0.05) is 11.1 Å². The van der Waals surface area contributed by atoms with Crippen LogP contribution < -0.4 is 5.32 Å². The van der Waals surface area contributed by atoms with E-state index in [4.69, 9.17) is 4.42 Å². The summed E-state index contributed by atoms with van der Waals surface area (Å²) < 4.78 is 32.7. The maximum atomic E-state index is 13.7. The fourth-order valence-electron chi connectivity index (χ4n) is 2.36. The van der Waals surface area contributed by atoms with E-state index in [1.807, 2.05) is 6.92 Å². The zero-order valence-electron chi connectivity index (χ0n) is 13.7. The van der Waals surface area contributed by atoms with Crippen molar-refractivity contribution in [3.63, 3.8) is 0 Å². The number of aryl methyl sites for hydroxylation is 1. The number of hydrogen-bond acceptors (Lipinski definition) is 7. The highest BCUT2D eigenvalue weighted by Crippen LogP contribution is 2.36. The number of benzene rings is 1. The van der Waals surface area contributed by atoms with Gasteiger partial charge in [0.05, 0.1) is 16.8 Å². The van der Waals surface area contributed by atoms with Crippen LogP contribution in [0.3, 0.4) is 0 Å². The molecule has 0 saturated carbocycles. The Morgan fingerprint density at radius 2 is 1.96 bits per heavy atom. The Bertz CT molecular complexity index is 1100. The van der Waals surface area contributed by atoms with E-state index in [1.54, 1.807) is 6.20 Å². The molecule has 0 fully saturated rings. The van der Waals surface area contributed by atoms with E-state index in [0.717, 1.165) is 28.3 Å². The summed E-state index contributed by atoms with van der Waals surface area (Å²) in [5.74, 6) is -2.35. The van der Waals surface area contributed by atoms with Crippen LogP contribution in [-0.2, 0) is 0 Å². The summed E-state index contributed by atoms with van der Waals surface area (Å²) in [6, 6.07) is 3.24. The van der Waals surface area contributed by atoms with E-state index in [9.17, 15) is 13.6 Å². The zero-order valence-corrected chi connectivity index (χ0v) is 15.3. The molecule has 6 nitrogen and oxygen atoms in total. The van der Waals surface area contributed by atoms with Gasteiger partial charge in [0.15, 0.2) is 10.1 Å². The van der Waals surface area contributed by atoms with Crippen molar-refractivity contribution in [2.75, 3.05) is 5.32 Å². The molecule has 0 radical (unpaired) electrons. The van der Waals surface area contributed by atoms with Gasteiger partial charge in [-0.3, -0.25) is 10.1 Å². The third-order valence-corrected chi connectivity index (χ3v) is 5.44. The van der Waals surface area contributed by atoms with Gasteiger partial charge in [-0.2, -0.15) is 0 Å². The van der Waals surface area contributed by atoms with Crippen LogP contribution in [-0.4, -0.2) is 20.9 Å². The first-order valence-electron chi connectivity index (χ1n) is 7.62. The normalized spacial score (nSPS) is 10.9. The first kappa shape index (κ1) is 17.4. The van der Waals surface area contributed by atoms with Crippen molar-refractivity contribution in [3.8, 4) is 21.5 Å². The molecule has 4 aromatic rings. The summed E-state index contributed by atoms with van der Waals surface area (Å²) in [6.45, 7) is 1.89. The summed E-state index contributed by atoms with van der Waals surface area (Å²) >= 11 is 2.57. The van der Waals surface area contributed by atoms with Gasteiger partial charge in [0.2, 0.25) is 0 Å². The molecule has 27 heavy (non-hydrogen) atoms.